The van der Waals surface area contributed by atoms with E-state index in [1.807, 2.05) is 42.5 Å². The zero-order valence-electron chi connectivity index (χ0n) is 10.7. The van der Waals surface area contributed by atoms with Crippen molar-refractivity contribution in [3.8, 4) is 5.75 Å². The lowest BCUT2D eigenvalue weighted by atomic mass is 10.2. The highest BCUT2D eigenvalue weighted by Gasteiger charge is 2.13. The summed E-state index contributed by atoms with van der Waals surface area (Å²) >= 11 is 0. The highest BCUT2D eigenvalue weighted by molar-refractivity contribution is 5.96. The van der Waals surface area contributed by atoms with Crippen molar-refractivity contribution in [3.05, 3.63) is 54.6 Å². The molecule has 4 nitrogen and oxygen atoms in total. The van der Waals surface area contributed by atoms with Crippen LogP contribution in [0.2, 0.25) is 0 Å². The Morgan fingerprint density at radius 1 is 1.11 bits per heavy atom. The fourth-order valence-electron chi connectivity index (χ4n) is 1.69. The summed E-state index contributed by atoms with van der Waals surface area (Å²) in [6.45, 7) is -0.0190. The highest BCUT2D eigenvalue weighted by Crippen LogP contribution is 2.21. The van der Waals surface area contributed by atoms with Gasteiger partial charge in [0.25, 0.3) is 5.91 Å². The van der Waals surface area contributed by atoms with Gasteiger partial charge >= 0.3 is 0 Å². The van der Waals surface area contributed by atoms with Crippen molar-refractivity contribution >= 4 is 17.3 Å². The second kappa shape index (κ2) is 5.91. The van der Waals surface area contributed by atoms with E-state index in [9.17, 15) is 4.79 Å². The Balaban J connectivity index is 1.99. The zero-order valence-corrected chi connectivity index (χ0v) is 10.7. The number of likely N-dealkylation sites (N-methyl/N-ethyl adjacent to an activating group) is 1. The van der Waals surface area contributed by atoms with Gasteiger partial charge in [-0.25, -0.2) is 0 Å². The van der Waals surface area contributed by atoms with Crippen molar-refractivity contribution < 1.29 is 9.53 Å². The minimum absolute atomic E-state index is 0.0190. The topological polar surface area (TPSA) is 55.6 Å². The SMILES string of the molecule is CN(C(=O)COc1ccccc1)c1ccccc1N. The fourth-order valence-corrected chi connectivity index (χ4v) is 1.69. The Morgan fingerprint density at radius 3 is 2.42 bits per heavy atom. The van der Waals surface area contributed by atoms with Crippen LogP contribution in [0.25, 0.3) is 0 Å². The number of nitrogens with two attached hydrogens (primary N) is 1. The molecular formula is C15H16N2O2. The van der Waals surface area contributed by atoms with Gasteiger partial charge in [-0.2, -0.15) is 0 Å². The maximum absolute atomic E-state index is 12.0. The van der Waals surface area contributed by atoms with Gasteiger partial charge in [0.05, 0.1) is 11.4 Å². The van der Waals surface area contributed by atoms with E-state index < -0.39 is 0 Å². The lowest BCUT2D eigenvalue weighted by Crippen LogP contribution is -2.31. The first-order valence-corrected chi connectivity index (χ1v) is 5.97. The monoisotopic (exact) mass is 256 g/mol. The summed E-state index contributed by atoms with van der Waals surface area (Å²) in [6, 6.07) is 16.5. The summed E-state index contributed by atoms with van der Waals surface area (Å²) < 4.78 is 5.42. The molecule has 0 aliphatic carbocycles. The Hall–Kier alpha value is -2.49. The van der Waals surface area contributed by atoms with Crippen LogP contribution < -0.4 is 15.4 Å². The molecule has 2 aromatic carbocycles. The third-order valence-electron chi connectivity index (χ3n) is 2.78. The first kappa shape index (κ1) is 13.0. The van der Waals surface area contributed by atoms with E-state index in [1.165, 1.54) is 4.90 Å². The van der Waals surface area contributed by atoms with Crippen LogP contribution in [0.5, 0.6) is 5.75 Å². The average Bonchev–Trinajstić information content (AvgIpc) is 2.45. The number of anilines is 2. The van der Waals surface area contributed by atoms with Gasteiger partial charge in [-0.1, -0.05) is 30.3 Å². The summed E-state index contributed by atoms with van der Waals surface area (Å²) in [5.41, 5.74) is 7.08. The van der Waals surface area contributed by atoms with Crippen molar-refractivity contribution in [3.63, 3.8) is 0 Å². The van der Waals surface area contributed by atoms with Crippen LogP contribution in [0, 0.1) is 0 Å². The first-order valence-electron chi connectivity index (χ1n) is 5.97. The molecule has 0 radical (unpaired) electrons. The predicted molar refractivity (Wildman–Crippen MR) is 76.2 cm³/mol. The van der Waals surface area contributed by atoms with Crippen LogP contribution in [0.15, 0.2) is 54.6 Å². The van der Waals surface area contributed by atoms with Crippen LogP contribution in [-0.4, -0.2) is 19.6 Å². The van der Waals surface area contributed by atoms with E-state index >= 15 is 0 Å². The molecule has 0 fully saturated rings. The molecule has 0 bridgehead atoms. The summed E-state index contributed by atoms with van der Waals surface area (Å²) in [5.74, 6) is 0.520. The number of ether oxygens (including phenoxy) is 1. The predicted octanol–water partition coefficient (Wildman–Crippen LogP) is 2.31. The van der Waals surface area contributed by atoms with Gasteiger partial charge in [0.2, 0.25) is 0 Å². The van der Waals surface area contributed by atoms with E-state index in [2.05, 4.69) is 0 Å². The van der Waals surface area contributed by atoms with Crippen LogP contribution in [0.1, 0.15) is 0 Å². The third kappa shape index (κ3) is 3.25. The van der Waals surface area contributed by atoms with Gasteiger partial charge in [0.15, 0.2) is 6.61 Å². The quantitative estimate of drug-likeness (QED) is 0.854. The second-order valence-corrected chi connectivity index (χ2v) is 4.11. The number of carbonyl (C=O) groups is 1. The average molecular weight is 256 g/mol. The minimum Gasteiger partial charge on any atom is -0.484 e. The standard InChI is InChI=1S/C15H16N2O2/c1-17(14-10-6-5-9-13(14)16)15(18)11-19-12-7-3-2-4-8-12/h2-10H,11,16H2,1H3. The molecule has 4 heteroatoms. The number of nitrogens with zero attached hydrogens (tertiary/aromatic N) is 1. The van der Waals surface area contributed by atoms with Gasteiger partial charge in [0, 0.05) is 7.05 Å². The zero-order chi connectivity index (χ0) is 13.7. The summed E-state index contributed by atoms with van der Waals surface area (Å²) in [6.07, 6.45) is 0. The number of benzene rings is 2. The number of para-hydroxylation sites is 3. The lowest BCUT2D eigenvalue weighted by molar-refractivity contribution is -0.120. The number of hydrogen-bond acceptors (Lipinski definition) is 3. The Kier molecular flexibility index (Phi) is 4.03. The minimum atomic E-state index is -0.151. The number of hydrogen-bond donors (Lipinski definition) is 1. The molecule has 0 aromatic heterocycles. The second-order valence-electron chi connectivity index (χ2n) is 4.11. The van der Waals surface area contributed by atoms with E-state index in [4.69, 9.17) is 10.5 Å². The third-order valence-corrected chi connectivity index (χ3v) is 2.78. The molecule has 98 valence electrons. The van der Waals surface area contributed by atoms with Crippen molar-refractivity contribution in [1.82, 2.24) is 0 Å². The molecule has 0 aliphatic rings. The number of carbonyl (C=O) groups excluding carboxylic acids is 1. The van der Waals surface area contributed by atoms with Crippen LogP contribution >= 0.6 is 0 Å². The number of nitrogen functional groups attached to an aromatic ring is 1. The van der Waals surface area contributed by atoms with Gasteiger partial charge < -0.3 is 15.4 Å². The molecule has 0 unspecified atom stereocenters. The molecule has 2 N–H and O–H groups in total. The number of rotatable bonds is 4. The van der Waals surface area contributed by atoms with Gasteiger partial charge in [0.1, 0.15) is 5.75 Å². The highest BCUT2D eigenvalue weighted by atomic mass is 16.5. The van der Waals surface area contributed by atoms with Gasteiger partial charge in [-0.05, 0) is 24.3 Å². The van der Waals surface area contributed by atoms with Crippen LogP contribution in [0.4, 0.5) is 11.4 Å². The first-order chi connectivity index (χ1) is 9.18. The summed E-state index contributed by atoms with van der Waals surface area (Å²) in [5, 5.41) is 0. The van der Waals surface area contributed by atoms with Crippen LogP contribution in [-0.2, 0) is 4.79 Å². The lowest BCUT2D eigenvalue weighted by Gasteiger charge is -2.19. The van der Waals surface area contributed by atoms with Crippen molar-refractivity contribution in [2.45, 2.75) is 0 Å². The number of amides is 1. The van der Waals surface area contributed by atoms with E-state index in [0.717, 1.165) is 0 Å². The van der Waals surface area contributed by atoms with Gasteiger partial charge in [-0.15, -0.1) is 0 Å². The molecule has 0 saturated heterocycles. The molecule has 0 atom stereocenters. The molecule has 0 aliphatic heterocycles. The van der Waals surface area contributed by atoms with E-state index in [-0.39, 0.29) is 12.5 Å². The van der Waals surface area contributed by atoms with E-state index in [0.29, 0.717) is 17.1 Å². The Bertz CT molecular complexity index is 555. The normalized spacial score (nSPS) is 9.95. The van der Waals surface area contributed by atoms with Gasteiger partial charge in [-0.3, -0.25) is 4.79 Å². The smallest absolute Gasteiger partial charge is 0.264 e. The fraction of sp³-hybridized carbons (Fsp3) is 0.133. The molecule has 19 heavy (non-hydrogen) atoms. The maximum Gasteiger partial charge on any atom is 0.264 e. The molecule has 2 aromatic rings. The largest absolute Gasteiger partial charge is 0.484 e. The molecular weight excluding hydrogens is 240 g/mol. The summed E-state index contributed by atoms with van der Waals surface area (Å²) in [7, 11) is 1.68. The summed E-state index contributed by atoms with van der Waals surface area (Å²) in [4.78, 5) is 13.5. The molecule has 0 heterocycles. The van der Waals surface area contributed by atoms with Crippen molar-refractivity contribution in [2.24, 2.45) is 0 Å². The van der Waals surface area contributed by atoms with Crippen LogP contribution in [0.3, 0.4) is 0 Å². The Morgan fingerprint density at radius 2 is 1.74 bits per heavy atom. The van der Waals surface area contributed by atoms with Crippen molar-refractivity contribution in [1.29, 1.82) is 0 Å². The molecule has 0 saturated carbocycles. The van der Waals surface area contributed by atoms with E-state index in [1.54, 1.807) is 19.2 Å². The molecule has 0 spiro atoms. The Labute approximate surface area is 112 Å². The molecule has 2 rings (SSSR count). The molecule has 1 amide bonds. The maximum atomic E-state index is 12.0. The van der Waals surface area contributed by atoms with Crippen molar-refractivity contribution in [2.75, 3.05) is 24.3 Å².